The van der Waals surface area contributed by atoms with Gasteiger partial charge in [0, 0.05) is 30.2 Å². The number of benzene rings is 2. The topological polar surface area (TPSA) is 8.17 Å². The zero-order chi connectivity index (χ0) is 14.9. The van der Waals surface area contributed by atoms with Crippen molar-refractivity contribution in [1.29, 1.82) is 0 Å². The van der Waals surface area contributed by atoms with Crippen LogP contribution in [-0.2, 0) is 6.54 Å². The molecule has 2 heteroatoms. The zero-order valence-electron chi connectivity index (χ0n) is 13.1. The first-order chi connectivity index (χ1) is 10.8. The van der Waals surface area contributed by atoms with Crippen LogP contribution < -0.4 is 0 Å². The van der Waals surface area contributed by atoms with Gasteiger partial charge in [0.1, 0.15) is 0 Å². The van der Waals surface area contributed by atoms with Gasteiger partial charge in [0.2, 0.25) is 0 Å². The van der Waals surface area contributed by atoms with Crippen molar-refractivity contribution in [3.8, 4) is 0 Å². The molecule has 1 aliphatic rings. The number of hydrogen-bond donors (Lipinski definition) is 0. The molecule has 1 atom stereocenters. The highest BCUT2D eigenvalue weighted by Gasteiger charge is 2.24. The van der Waals surface area contributed by atoms with Crippen LogP contribution in [0.1, 0.15) is 23.5 Å². The summed E-state index contributed by atoms with van der Waals surface area (Å²) in [6.45, 7) is 3.34. The molecule has 0 bridgehead atoms. The largest absolute Gasteiger partial charge is 0.343 e. The summed E-state index contributed by atoms with van der Waals surface area (Å²) < 4.78 is 2.42. The van der Waals surface area contributed by atoms with E-state index in [1.165, 1.54) is 41.5 Å². The zero-order valence-corrected chi connectivity index (χ0v) is 13.1. The number of nitrogens with zero attached hydrogens (tertiary/aromatic N) is 2. The number of hydrogen-bond acceptors (Lipinski definition) is 1. The summed E-state index contributed by atoms with van der Waals surface area (Å²) in [6, 6.07) is 19.6. The second-order valence-electron chi connectivity index (χ2n) is 6.46. The van der Waals surface area contributed by atoms with Crippen LogP contribution in [0, 0.1) is 0 Å². The Kier molecular flexibility index (Phi) is 3.47. The van der Waals surface area contributed by atoms with Gasteiger partial charge >= 0.3 is 0 Å². The van der Waals surface area contributed by atoms with E-state index in [-0.39, 0.29) is 0 Å². The third-order valence-electron chi connectivity index (χ3n) is 4.85. The normalized spacial score (nSPS) is 19.0. The molecule has 1 aliphatic heterocycles. The van der Waals surface area contributed by atoms with E-state index in [1.807, 2.05) is 0 Å². The highest BCUT2D eigenvalue weighted by atomic mass is 15.1. The minimum Gasteiger partial charge on any atom is -0.343 e. The second-order valence-corrected chi connectivity index (χ2v) is 6.46. The number of rotatable bonds is 3. The van der Waals surface area contributed by atoms with Crippen LogP contribution in [0.2, 0.25) is 0 Å². The Morgan fingerprint density at radius 2 is 1.77 bits per heavy atom. The third-order valence-corrected chi connectivity index (χ3v) is 4.85. The van der Waals surface area contributed by atoms with Gasteiger partial charge in [-0.15, -0.1) is 0 Å². The fourth-order valence-corrected chi connectivity index (χ4v) is 3.70. The number of likely N-dealkylation sites (tertiary alicyclic amines) is 1. The minimum atomic E-state index is 0.673. The van der Waals surface area contributed by atoms with Crippen molar-refractivity contribution in [3.63, 3.8) is 0 Å². The number of fused-ring (bicyclic) bond motifs is 1. The smallest absolute Gasteiger partial charge is 0.0486 e. The van der Waals surface area contributed by atoms with Crippen molar-refractivity contribution in [2.45, 2.75) is 18.9 Å². The average molecular weight is 290 g/mol. The molecule has 1 fully saturated rings. The molecule has 1 saturated heterocycles. The molecular formula is C20H22N2. The lowest BCUT2D eigenvalue weighted by Gasteiger charge is -2.09. The molecule has 2 heterocycles. The van der Waals surface area contributed by atoms with E-state index in [9.17, 15) is 0 Å². The van der Waals surface area contributed by atoms with E-state index in [0.29, 0.717) is 5.92 Å². The van der Waals surface area contributed by atoms with Gasteiger partial charge in [-0.2, -0.15) is 0 Å². The molecule has 4 rings (SSSR count). The maximum Gasteiger partial charge on any atom is 0.0486 e. The maximum absolute atomic E-state index is 2.44. The Labute approximate surface area is 132 Å². The fraction of sp³-hybridized carbons (Fsp3) is 0.300. The van der Waals surface area contributed by atoms with Crippen molar-refractivity contribution in [2.75, 3.05) is 20.1 Å². The molecule has 0 amide bonds. The third kappa shape index (κ3) is 2.44. The first kappa shape index (κ1) is 13.6. The molecule has 22 heavy (non-hydrogen) atoms. The predicted octanol–water partition coefficient (Wildman–Crippen LogP) is 4.11. The summed E-state index contributed by atoms with van der Waals surface area (Å²) in [6.07, 6.45) is 3.66. The molecule has 3 aromatic rings. The maximum atomic E-state index is 2.44. The molecular weight excluding hydrogens is 268 g/mol. The first-order valence-electron chi connectivity index (χ1n) is 8.11. The van der Waals surface area contributed by atoms with E-state index >= 15 is 0 Å². The number of para-hydroxylation sites is 1. The molecule has 0 saturated carbocycles. The molecule has 0 unspecified atom stereocenters. The Morgan fingerprint density at radius 3 is 2.55 bits per heavy atom. The van der Waals surface area contributed by atoms with E-state index in [1.54, 1.807) is 0 Å². The Morgan fingerprint density at radius 1 is 1.00 bits per heavy atom. The quantitative estimate of drug-likeness (QED) is 0.705. The van der Waals surface area contributed by atoms with E-state index in [2.05, 4.69) is 77.3 Å². The highest BCUT2D eigenvalue weighted by molar-refractivity contribution is 5.84. The lowest BCUT2D eigenvalue weighted by molar-refractivity contribution is 0.412. The number of likely N-dealkylation sites (N-methyl/N-ethyl adjacent to an activating group) is 1. The monoisotopic (exact) mass is 290 g/mol. The minimum absolute atomic E-state index is 0.673. The highest BCUT2D eigenvalue weighted by Crippen LogP contribution is 2.33. The Balaban J connectivity index is 1.76. The summed E-state index contributed by atoms with van der Waals surface area (Å²) in [4.78, 5) is 2.44. The van der Waals surface area contributed by atoms with Crippen molar-refractivity contribution >= 4 is 10.9 Å². The lowest BCUT2D eigenvalue weighted by Crippen LogP contribution is -2.13. The van der Waals surface area contributed by atoms with Crippen LogP contribution in [0.5, 0.6) is 0 Å². The van der Waals surface area contributed by atoms with Crippen LogP contribution in [0.25, 0.3) is 10.9 Å². The summed E-state index contributed by atoms with van der Waals surface area (Å²) in [7, 11) is 2.23. The van der Waals surface area contributed by atoms with Crippen LogP contribution in [0.15, 0.2) is 60.8 Å². The van der Waals surface area contributed by atoms with Gasteiger partial charge in [0.05, 0.1) is 0 Å². The molecule has 0 spiro atoms. The van der Waals surface area contributed by atoms with Gasteiger partial charge < -0.3 is 9.47 Å². The predicted molar refractivity (Wildman–Crippen MR) is 92.3 cm³/mol. The van der Waals surface area contributed by atoms with Crippen LogP contribution in [0.4, 0.5) is 0 Å². The van der Waals surface area contributed by atoms with Gasteiger partial charge in [0.15, 0.2) is 0 Å². The Hall–Kier alpha value is -2.06. The molecule has 0 radical (unpaired) electrons. The average Bonchev–Trinajstić information content (AvgIpc) is 3.13. The summed E-state index contributed by atoms with van der Waals surface area (Å²) in [5.74, 6) is 0.673. The second kappa shape index (κ2) is 5.62. The first-order valence-corrected chi connectivity index (χ1v) is 8.11. The van der Waals surface area contributed by atoms with Crippen molar-refractivity contribution < 1.29 is 0 Å². The van der Waals surface area contributed by atoms with Gasteiger partial charge in [-0.1, -0.05) is 48.5 Å². The molecule has 2 aromatic carbocycles. The van der Waals surface area contributed by atoms with Gasteiger partial charge in [-0.25, -0.2) is 0 Å². The van der Waals surface area contributed by atoms with Crippen molar-refractivity contribution in [1.82, 2.24) is 9.47 Å². The standard InChI is InChI=1S/C20H22N2/c1-21-12-11-17(14-21)19-15-22(13-16-7-3-2-4-8-16)20-10-6-5-9-18(19)20/h2-10,15,17H,11-14H2,1H3/t17-/m1/s1. The molecule has 0 N–H and O–H groups in total. The van der Waals surface area contributed by atoms with Crippen LogP contribution in [0.3, 0.4) is 0 Å². The molecule has 1 aromatic heterocycles. The molecule has 112 valence electrons. The molecule has 0 aliphatic carbocycles. The van der Waals surface area contributed by atoms with E-state index in [4.69, 9.17) is 0 Å². The SMILES string of the molecule is CN1CC[C@@H](c2cn(Cc3ccccc3)c3ccccc23)C1. The summed E-state index contributed by atoms with van der Waals surface area (Å²) >= 11 is 0. The van der Waals surface area contributed by atoms with Gasteiger partial charge in [-0.3, -0.25) is 0 Å². The van der Waals surface area contributed by atoms with Gasteiger partial charge in [0.25, 0.3) is 0 Å². The van der Waals surface area contributed by atoms with Crippen molar-refractivity contribution in [2.24, 2.45) is 0 Å². The van der Waals surface area contributed by atoms with Crippen molar-refractivity contribution in [3.05, 3.63) is 71.9 Å². The molecule has 2 nitrogen and oxygen atoms in total. The van der Waals surface area contributed by atoms with E-state index in [0.717, 1.165) is 6.54 Å². The van der Waals surface area contributed by atoms with Crippen LogP contribution in [-0.4, -0.2) is 29.6 Å². The van der Waals surface area contributed by atoms with E-state index < -0.39 is 0 Å². The summed E-state index contributed by atoms with van der Waals surface area (Å²) in [5, 5.41) is 1.43. The van der Waals surface area contributed by atoms with Gasteiger partial charge in [-0.05, 0) is 43.1 Å². The van der Waals surface area contributed by atoms with Crippen LogP contribution >= 0.6 is 0 Å². The Bertz CT molecular complexity index is 773. The fourth-order valence-electron chi connectivity index (χ4n) is 3.70. The summed E-state index contributed by atoms with van der Waals surface area (Å²) in [5.41, 5.74) is 4.24. The number of aromatic nitrogens is 1. The lowest BCUT2D eigenvalue weighted by atomic mass is 9.98.